The van der Waals surface area contributed by atoms with Crippen LogP contribution in [0, 0.1) is 0 Å². The number of allylic oxidation sites excluding steroid dienone is 8. The predicted octanol–water partition coefficient (Wildman–Crippen LogP) is 9.09. The van der Waals surface area contributed by atoms with Gasteiger partial charge < -0.3 is 14.7 Å². The van der Waals surface area contributed by atoms with Crippen molar-refractivity contribution >= 4 is 61.4 Å². The maximum atomic E-state index is 11.2. The van der Waals surface area contributed by atoms with E-state index in [9.17, 15) is 18.2 Å². The van der Waals surface area contributed by atoms with Crippen LogP contribution in [-0.4, -0.2) is 49.6 Å². The molecule has 7 rings (SSSR count). The van der Waals surface area contributed by atoms with Crippen molar-refractivity contribution in [2.45, 2.75) is 77.6 Å². The van der Waals surface area contributed by atoms with Crippen molar-refractivity contribution < 1.29 is 40.5 Å². The topological polar surface area (TPSA) is 123 Å². The summed E-state index contributed by atoms with van der Waals surface area (Å²) in [6.45, 7) is 12.7. The van der Waals surface area contributed by atoms with E-state index in [0.717, 1.165) is 36.0 Å². The van der Waals surface area contributed by atoms with E-state index >= 15 is 0 Å². The van der Waals surface area contributed by atoms with Crippen molar-refractivity contribution in [2.75, 3.05) is 31.2 Å². The van der Waals surface area contributed by atoms with Crippen molar-refractivity contribution in [1.82, 2.24) is 0 Å². The summed E-state index contributed by atoms with van der Waals surface area (Å²) in [6.07, 6.45) is 13.1. The molecule has 57 heavy (non-hydrogen) atoms. The largest absolute Gasteiger partial charge is 0.726 e. The predicted molar refractivity (Wildman–Crippen MR) is 224 cm³/mol. The van der Waals surface area contributed by atoms with E-state index in [2.05, 4.69) is 149 Å². The van der Waals surface area contributed by atoms with Gasteiger partial charge in [-0.2, -0.15) is 4.58 Å². The van der Waals surface area contributed by atoms with Gasteiger partial charge in [0.15, 0.2) is 24.6 Å². The number of hydrogen-bond donors (Lipinski definition) is 0. The Bertz CT molecular complexity index is 2450. The second-order valence-electron chi connectivity index (χ2n) is 15.8. The van der Waals surface area contributed by atoms with E-state index in [-0.39, 0.29) is 17.4 Å². The van der Waals surface area contributed by atoms with Gasteiger partial charge in [0.2, 0.25) is 16.1 Å². The molecule has 3 aliphatic rings. The normalized spacial score (nSPS) is 19.2. The molecule has 0 bridgehead atoms. The van der Waals surface area contributed by atoms with E-state index in [1.807, 2.05) is 6.07 Å². The molecule has 12 heteroatoms. The Balaban J connectivity index is 1.22. The maximum absolute atomic E-state index is 11.2. The molecule has 0 N–H and O–H groups in total. The van der Waals surface area contributed by atoms with Crippen molar-refractivity contribution in [3.05, 3.63) is 131 Å². The van der Waals surface area contributed by atoms with Crippen molar-refractivity contribution in [2.24, 2.45) is 0 Å². The lowest BCUT2D eigenvalue weighted by Gasteiger charge is -2.27. The summed E-state index contributed by atoms with van der Waals surface area (Å²) in [5, 5.41) is 18.4. The standard InChI is InChI=1S/C45H50N2O8S2/c1-31-32(21-25-40-44(2,3)42-36-17-8-6-13-34(36)19-23-38(42)46(40)27-11-29-52-56-55-54-48)15-10-16-33(31)22-26-41-45(4,5)43-37-18-9-7-14-35(37)20-24-39(43)47(41)28-12-30-53-57(49,50)51/h6-9,13-14,17-26H,10-12,15-16,27-30H2,1-5H3,(H-,48,49,50,51)/p-1. The number of rotatable bonds is 15. The molecule has 0 atom stereocenters. The van der Waals surface area contributed by atoms with Gasteiger partial charge in [-0.1, -0.05) is 80.6 Å². The smallest absolute Gasteiger partial charge is 0.217 e. The minimum absolute atomic E-state index is 0.175. The molecule has 4 aromatic rings. The highest BCUT2D eigenvalue weighted by molar-refractivity contribution is 7.89. The van der Waals surface area contributed by atoms with E-state index < -0.39 is 10.4 Å². The average Bonchev–Trinajstić information content (AvgIpc) is 3.54. The van der Waals surface area contributed by atoms with Crippen LogP contribution >= 0.6 is 12.3 Å². The van der Waals surface area contributed by atoms with E-state index in [4.69, 9.17) is 4.18 Å². The second-order valence-corrected chi connectivity index (χ2v) is 17.4. The molecule has 0 unspecified atom stereocenters. The molecule has 0 fully saturated rings. The number of nitrogens with zero attached hydrogens (tertiary/aromatic N) is 2. The van der Waals surface area contributed by atoms with Crippen molar-refractivity contribution in [3.63, 3.8) is 0 Å². The van der Waals surface area contributed by atoms with Gasteiger partial charge in [0, 0.05) is 47.5 Å². The molecule has 0 aromatic heterocycles. The number of hydrogen-bond acceptors (Lipinski definition) is 10. The summed E-state index contributed by atoms with van der Waals surface area (Å²) in [4.78, 5) is 2.26. The lowest BCUT2D eigenvalue weighted by molar-refractivity contribution is -0.777. The lowest BCUT2D eigenvalue weighted by atomic mass is 9.78. The molecule has 4 aromatic carbocycles. The number of anilines is 1. The van der Waals surface area contributed by atoms with E-state index in [0.29, 0.717) is 44.9 Å². The van der Waals surface area contributed by atoms with Crippen LogP contribution in [0.2, 0.25) is 0 Å². The van der Waals surface area contributed by atoms with Crippen LogP contribution in [0.5, 0.6) is 0 Å². The maximum Gasteiger partial charge on any atom is 0.217 e. The molecule has 0 amide bonds. The third-order valence-corrected chi connectivity index (χ3v) is 12.5. The SMILES string of the molecule is CC1=C(/C=C/C2=[N+](CCCOSOO[O-])c3ccc4ccccc4c3C2(C)C)CCC/C1=C\C=C1\N(CCCOS(=O)(=O)[O-])c2ccc3ccccc3c2C1(C)C. The quantitative estimate of drug-likeness (QED) is 0.0219. The highest BCUT2D eigenvalue weighted by Crippen LogP contribution is 2.51. The fourth-order valence-corrected chi connectivity index (χ4v) is 9.68. The molecule has 2 heterocycles. The molecule has 0 saturated carbocycles. The Morgan fingerprint density at radius 1 is 0.842 bits per heavy atom. The molecular formula is C45H49N2O8S2-. The van der Waals surface area contributed by atoms with Crippen LogP contribution in [-0.2, 0) is 39.0 Å². The van der Waals surface area contributed by atoms with Gasteiger partial charge in [-0.3, -0.25) is 13.4 Å². The Labute approximate surface area is 340 Å². The molecule has 1 aliphatic carbocycles. The Kier molecular flexibility index (Phi) is 12.3. The van der Waals surface area contributed by atoms with Crippen LogP contribution < -0.4 is 10.2 Å². The van der Waals surface area contributed by atoms with Crippen LogP contribution in [0.25, 0.3) is 21.5 Å². The lowest BCUT2D eigenvalue weighted by Crippen LogP contribution is -2.28. The minimum atomic E-state index is -4.76. The third kappa shape index (κ3) is 8.41. The van der Waals surface area contributed by atoms with Crippen LogP contribution in [0.4, 0.5) is 11.4 Å². The van der Waals surface area contributed by atoms with Gasteiger partial charge in [-0.25, -0.2) is 8.42 Å². The van der Waals surface area contributed by atoms with Gasteiger partial charge in [0.05, 0.1) is 18.6 Å². The van der Waals surface area contributed by atoms with Gasteiger partial charge >= 0.3 is 0 Å². The first-order valence-electron chi connectivity index (χ1n) is 19.4. The summed E-state index contributed by atoms with van der Waals surface area (Å²) >= 11 is 0.540. The van der Waals surface area contributed by atoms with Crippen molar-refractivity contribution in [3.8, 4) is 0 Å². The molecule has 300 valence electrons. The fourth-order valence-electron chi connectivity index (χ4n) is 9.11. The highest BCUT2D eigenvalue weighted by atomic mass is 32.3. The Morgan fingerprint density at radius 3 is 2.26 bits per heavy atom. The molecule has 10 nitrogen and oxygen atoms in total. The second kappa shape index (κ2) is 17.0. The zero-order chi connectivity index (χ0) is 40.4. The summed E-state index contributed by atoms with van der Waals surface area (Å²) in [5.74, 6) is 0. The molecule has 0 saturated heterocycles. The first-order chi connectivity index (χ1) is 27.3. The van der Waals surface area contributed by atoms with E-state index in [1.54, 1.807) is 0 Å². The third-order valence-electron chi connectivity index (χ3n) is 11.7. The molecular weight excluding hydrogens is 761 g/mol. The summed E-state index contributed by atoms with van der Waals surface area (Å²) < 4.78 is 50.2. The van der Waals surface area contributed by atoms with Gasteiger partial charge in [0.25, 0.3) is 0 Å². The van der Waals surface area contributed by atoms with Crippen molar-refractivity contribution in [1.29, 1.82) is 0 Å². The number of benzene rings is 4. The zero-order valence-electron chi connectivity index (χ0n) is 33.1. The summed E-state index contributed by atoms with van der Waals surface area (Å²) in [6, 6.07) is 25.6. The van der Waals surface area contributed by atoms with E-state index in [1.165, 1.54) is 55.4 Å². The molecule has 2 aliphatic heterocycles. The van der Waals surface area contributed by atoms with Gasteiger partial charge in [-0.05, 0) is 108 Å². The zero-order valence-corrected chi connectivity index (χ0v) is 34.7. The highest BCUT2D eigenvalue weighted by Gasteiger charge is 2.45. The Hall–Kier alpha value is -4.11. The van der Waals surface area contributed by atoms with Gasteiger partial charge in [-0.15, -0.1) is 4.33 Å². The Morgan fingerprint density at radius 2 is 1.54 bits per heavy atom. The fraction of sp³-hybridized carbons (Fsp3) is 0.356. The summed E-state index contributed by atoms with van der Waals surface area (Å²) in [5.41, 5.74) is 10.4. The van der Waals surface area contributed by atoms with Crippen LogP contribution in [0.1, 0.15) is 77.8 Å². The minimum Gasteiger partial charge on any atom is -0.726 e. The van der Waals surface area contributed by atoms with Gasteiger partial charge in [0.1, 0.15) is 0 Å². The number of fused-ring (bicyclic) bond motifs is 6. The first-order valence-corrected chi connectivity index (χ1v) is 21.4. The average molecular weight is 810 g/mol. The molecule has 0 spiro atoms. The van der Waals surface area contributed by atoms with Crippen LogP contribution in [0.3, 0.4) is 0 Å². The summed E-state index contributed by atoms with van der Waals surface area (Å²) in [7, 11) is -4.76. The molecule has 0 radical (unpaired) electrons. The van der Waals surface area contributed by atoms with Crippen LogP contribution in [0.15, 0.2) is 120 Å². The first kappa shape index (κ1) is 41.1. The monoisotopic (exact) mass is 809 g/mol.